The van der Waals surface area contributed by atoms with E-state index in [-0.39, 0.29) is 5.54 Å². The van der Waals surface area contributed by atoms with Gasteiger partial charge in [0.15, 0.2) is 0 Å². The minimum Gasteiger partial charge on any atom is -0.366 e. The quantitative estimate of drug-likeness (QED) is 0.723. The molecule has 2 nitrogen and oxygen atoms in total. The van der Waals surface area contributed by atoms with E-state index in [1.807, 2.05) is 0 Å². The average molecular weight is 258 g/mol. The number of nitrogens with two attached hydrogens (primary N) is 1. The Bertz CT molecular complexity index is 413. The minimum absolute atomic E-state index is 0.0926. The van der Waals surface area contributed by atoms with Crippen LogP contribution in [0.25, 0.3) is 0 Å². The second-order valence-corrected chi connectivity index (χ2v) is 7.09. The van der Waals surface area contributed by atoms with Gasteiger partial charge in [0.1, 0.15) is 0 Å². The van der Waals surface area contributed by atoms with Crippen LogP contribution in [0.3, 0.4) is 0 Å². The molecular weight excluding hydrogens is 232 g/mol. The van der Waals surface area contributed by atoms with E-state index < -0.39 is 0 Å². The average Bonchev–Trinajstić information content (AvgIpc) is 2.48. The predicted octanol–water partition coefficient (Wildman–Crippen LogP) is 3.20. The van der Waals surface area contributed by atoms with Crippen LogP contribution >= 0.6 is 0 Å². The van der Waals surface area contributed by atoms with Crippen molar-refractivity contribution in [2.75, 3.05) is 0 Å². The fraction of sp³-hybridized carbons (Fsp3) is 0.765. The summed E-state index contributed by atoms with van der Waals surface area (Å²) in [6, 6.07) is 1.22. The molecule has 0 aromatic heterocycles. The third-order valence-corrected chi connectivity index (χ3v) is 6.29. The van der Waals surface area contributed by atoms with Crippen molar-refractivity contribution < 1.29 is 0 Å². The summed E-state index contributed by atoms with van der Waals surface area (Å²) in [5.41, 5.74) is 7.12. The van der Waals surface area contributed by atoms with Gasteiger partial charge in [-0.05, 0) is 49.8 Å². The SMILES string of the molecule is NC12CCCCC1N1C=CC=CC1C1CCCCC12. The molecule has 2 saturated carbocycles. The molecule has 0 aromatic carbocycles. The molecular formula is C17H26N2. The lowest BCUT2D eigenvalue weighted by Crippen LogP contribution is -2.72. The van der Waals surface area contributed by atoms with Gasteiger partial charge in [0, 0.05) is 11.6 Å². The summed E-state index contributed by atoms with van der Waals surface area (Å²) in [5, 5.41) is 0. The molecule has 2 N–H and O–H groups in total. The first kappa shape index (κ1) is 12.0. The standard InChI is InChI=1S/C17H26N2/c18-17-11-5-3-10-16(17)19-12-6-4-9-15(19)13-7-1-2-8-14(13)17/h4,6,9,12-16H,1-3,5,7-8,10-11,18H2. The van der Waals surface area contributed by atoms with Gasteiger partial charge in [-0.1, -0.05) is 37.8 Å². The fourth-order valence-electron chi connectivity index (χ4n) is 5.50. The zero-order valence-electron chi connectivity index (χ0n) is 11.8. The number of hydrogen-bond acceptors (Lipinski definition) is 2. The summed E-state index contributed by atoms with van der Waals surface area (Å²) >= 11 is 0. The van der Waals surface area contributed by atoms with Crippen LogP contribution in [0.5, 0.6) is 0 Å². The Kier molecular flexibility index (Phi) is 2.77. The maximum absolute atomic E-state index is 7.03. The zero-order chi connectivity index (χ0) is 12.9. The molecule has 5 atom stereocenters. The molecule has 1 saturated heterocycles. The second kappa shape index (κ2) is 4.37. The molecule has 5 unspecified atom stereocenters. The Hall–Kier alpha value is -0.760. The third kappa shape index (κ3) is 1.65. The van der Waals surface area contributed by atoms with E-state index in [1.54, 1.807) is 0 Å². The summed E-state index contributed by atoms with van der Waals surface area (Å²) in [6.07, 6.45) is 20.0. The van der Waals surface area contributed by atoms with Crippen molar-refractivity contribution in [3.63, 3.8) is 0 Å². The highest BCUT2D eigenvalue weighted by Crippen LogP contribution is 2.51. The Morgan fingerprint density at radius 1 is 1.00 bits per heavy atom. The number of allylic oxidation sites excluding steroid dienone is 2. The highest BCUT2D eigenvalue weighted by atomic mass is 15.2. The van der Waals surface area contributed by atoms with Crippen molar-refractivity contribution in [3.8, 4) is 0 Å². The molecule has 2 aliphatic heterocycles. The van der Waals surface area contributed by atoms with Gasteiger partial charge in [-0.15, -0.1) is 0 Å². The summed E-state index contributed by atoms with van der Waals surface area (Å²) in [6.45, 7) is 0. The summed E-state index contributed by atoms with van der Waals surface area (Å²) in [5.74, 6) is 1.57. The topological polar surface area (TPSA) is 29.3 Å². The molecule has 4 rings (SSSR count). The van der Waals surface area contributed by atoms with E-state index in [0.29, 0.717) is 12.1 Å². The largest absolute Gasteiger partial charge is 0.366 e. The molecule has 2 heteroatoms. The summed E-state index contributed by atoms with van der Waals surface area (Å²) < 4.78 is 0. The zero-order valence-corrected chi connectivity index (χ0v) is 11.8. The smallest absolute Gasteiger partial charge is 0.0506 e. The molecule has 0 aromatic rings. The van der Waals surface area contributed by atoms with Gasteiger partial charge in [0.05, 0.1) is 6.04 Å². The van der Waals surface area contributed by atoms with Crippen LogP contribution in [0.1, 0.15) is 51.4 Å². The molecule has 0 radical (unpaired) electrons. The molecule has 4 aliphatic rings. The van der Waals surface area contributed by atoms with Crippen molar-refractivity contribution in [2.24, 2.45) is 17.6 Å². The Labute approximate surface area is 116 Å². The predicted molar refractivity (Wildman–Crippen MR) is 78.5 cm³/mol. The van der Waals surface area contributed by atoms with Crippen molar-refractivity contribution in [1.82, 2.24) is 4.90 Å². The van der Waals surface area contributed by atoms with Gasteiger partial charge in [0.2, 0.25) is 0 Å². The molecule has 19 heavy (non-hydrogen) atoms. The Morgan fingerprint density at radius 3 is 2.79 bits per heavy atom. The van der Waals surface area contributed by atoms with E-state index in [9.17, 15) is 0 Å². The van der Waals surface area contributed by atoms with Crippen LogP contribution in [-0.4, -0.2) is 22.5 Å². The van der Waals surface area contributed by atoms with E-state index in [0.717, 1.165) is 11.8 Å². The van der Waals surface area contributed by atoms with Crippen LogP contribution in [0.2, 0.25) is 0 Å². The summed E-state index contributed by atoms with van der Waals surface area (Å²) in [7, 11) is 0. The van der Waals surface area contributed by atoms with Crippen molar-refractivity contribution in [1.29, 1.82) is 0 Å². The number of rotatable bonds is 0. The van der Waals surface area contributed by atoms with Gasteiger partial charge in [-0.2, -0.15) is 0 Å². The van der Waals surface area contributed by atoms with E-state index in [1.165, 1.54) is 51.4 Å². The minimum atomic E-state index is 0.0926. The number of nitrogens with zero attached hydrogens (tertiary/aromatic N) is 1. The Balaban J connectivity index is 1.75. The van der Waals surface area contributed by atoms with Gasteiger partial charge < -0.3 is 10.6 Å². The van der Waals surface area contributed by atoms with Crippen LogP contribution in [0.15, 0.2) is 24.4 Å². The van der Waals surface area contributed by atoms with Gasteiger partial charge in [-0.25, -0.2) is 0 Å². The molecule has 2 heterocycles. The summed E-state index contributed by atoms with van der Waals surface area (Å²) in [4.78, 5) is 2.63. The molecule has 0 amide bonds. The number of fused-ring (bicyclic) bond motifs is 6. The highest BCUT2D eigenvalue weighted by molar-refractivity contribution is 5.23. The lowest BCUT2D eigenvalue weighted by molar-refractivity contribution is -0.0582. The van der Waals surface area contributed by atoms with E-state index >= 15 is 0 Å². The normalized spacial score (nSPS) is 48.4. The first-order chi connectivity index (χ1) is 9.31. The van der Waals surface area contributed by atoms with Crippen molar-refractivity contribution in [2.45, 2.75) is 69.0 Å². The van der Waals surface area contributed by atoms with Crippen LogP contribution in [0, 0.1) is 11.8 Å². The van der Waals surface area contributed by atoms with Crippen LogP contribution < -0.4 is 5.73 Å². The lowest BCUT2D eigenvalue weighted by atomic mass is 9.56. The maximum Gasteiger partial charge on any atom is 0.0506 e. The number of hydrogen-bond donors (Lipinski definition) is 1. The molecule has 0 bridgehead atoms. The van der Waals surface area contributed by atoms with Gasteiger partial charge in [0.25, 0.3) is 0 Å². The number of piperidine rings is 1. The second-order valence-electron chi connectivity index (χ2n) is 7.09. The fourth-order valence-corrected chi connectivity index (χ4v) is 5.50. The van der Waals surface area contributed by atoms with Gasteiger partial charge >= 0.3 is 0 Å². The van der Waals surface area contributed by atoms with Crippen molar-refractivity contribution in [3.05, 3.63) is 24.4 Å². The third-order valence-electron chi connectivity index (χ3n) is 6.29. The molecule has 2 aliphatic carbocycles. The van der Waals surface area contributed by atoms with Crippen molar-refractivity contribution >= 4 is 0 Å². The van der Waals surface area contributed by atoms with Crippen LogP contribution in [0.4, 0.5) is 0 Å². The van der Waals surface area contributed by atoms with E-state index in [4.69, 9.17) is 5.73 Å². The molecule has 104 valence electrons. The Morgan fingerprint density at radius 2 is 1.84 bits per heavy atom. The first-order valence-corrected chi connectivity index (χ1v) is 8.22. The lowest BCUT2D eigenvalue weighted by Gasteiger charge is -2.62. The van der Waals surface area contributed by atoms with Crippen LogP contribution in [-0.2, 0) is 0 Å². The highest BCUT2D eigenvalue weighted by Gasteiger charge is 2.55. The van der Waals surface area contributed by atoms with E-state index in [2.05, 4.69) is 29.3 Å². The maximum atomic E-state index is 7.03. The monoisotopic (exact) mass is 258 g/mol. The molecule has 0 spiro atoms. The first-order valence-electron chi connectivity index (χ1n) is 8.22. The molecule has 3 fully saturated rings. The van der Waals surface area contributed by atoms with Gasteiger partial charge in [-0.3, -0.25) is 0 Å².